The highest BCUT2D eigenvalue weighted by Crippen LogP contribution is 2.38. The zero-order valence-corrected chi connectivity index (χ0v) is 13.4. The van der Waals surface area contributed by atoms with Gasteiger partial charge in [0.1, 0.15) is 11.8 Å². The number of benzene rings is 1. The van der Waals surface area contributed by atoms with Crippen molar-refractivity contribution in [1.82, 2.24) is 0 Å². The van der Waals surface area contributed by atoms with Crippen LogP contribution < -0.4 is 16.0 Å². The van der Waals surface area contributed by atoms with Crippen molar-refractivity contribution in [2.45, 2.75) is 19.5 Å². The molecule has 1 aromatic carbocycles. The topological polar surface area (TPSA) is 71.5 Å². The van der Waals surface area contributed by atoms with Crippen molar-refractivity contribution in [3.8, 4) is 0 Å². The third-order valence-electron chi connectivity index (χ3n) is 3.78. The molecule has 3 rings (SSSR count). The number of aryl methyl sites for hydroxylation is 1. The summed E-state index contributed by atoms with van der Waals surface area (Å²) >= 11 is 3.56. The number of carbonyl (C=O) groups excluding carboxylic acids is 1. The predicted molar refractivity (Wildman–Crippen MR) is 85.3 cm³/mol. The molecule has 1 aliphatic heterocycles. The minimum absolute atomic E-state index is 0.164. The number of fused-ring (bicyclic) bond motifs is 1. The first kappa shape index (κ1) is 14.2. The van der Waals surface area contributed by atoms with Crippen molar-refractivity contribution < 1.29 is 9.21 Å². The summed E-state index contributed by atoms with van der Waals surface area (Å²) in [4.78, 5) is 13.7. The second-order valence-electron chi connectivity index (χ2n) is 5.22. The van der Waals surface area contributed by atoms with Gasteiger partial charge in [0.2, 0.25) is 5.91 Å². The number of hydrogen-bond acceptors (Lipinski definition) is 4. The molecule has 6 heteroatoms. The van der Waals surface area contributed by atoms with Crippen LogP contribution in [0.2, 0.25) is 0 Å². The lowest BCUT2D eigenvalue weighted by atomic mass is 10.1. The Morgan fingerprint density at radius 2 is 2.24 bits per heavy atom. The summed E-state index contributed by atoms with van der Waals surface area (Å²) in [6.45, 7) is 2.67. The van der Waals surface area contributed by atoms with Crippen LogP contribution in [0.1, 0.15) is 22.9 Å². The molecular weight excluding hydrogens is 334 g/mol. The number of furan rings is 1. The van der Waals surface area contributed by atoms with E-state index in [9.17, 15) is 4.79 Å². The summed E-state index contributed by atoms with van der Waals surface area (Å²) in [7, 11) is 2.00. The van der Waals surface area contributed by atoms with E-state index >= 15 is 0 Å². The highest BCUT2D eigenvalue weighted by atomic mass is 79.9. The van der Waals surface area contributed by atoms with Gasteiger partial charge in [-0.15, -0.1) is 0 Å². The van der Waals surface area contributed by atoms with Gasteiger partial charge in [-0.25, -0.2) is 0 Å². The summed E-state index contributed by atoms with van der Waals surface area (Å²) in [5.41, 5.74) is 9.58. The molecule has 0 aliphatic carbocycles. The van der Waals surface area contributed by atoms with Gasteiger partial charge in [-0.1, -0.05) is 0 Å². The lowest BCUT2D eigenvalue weighted by Crippen LogP contribution is -2.19. The fourth-order valence-corrected chi connectivity index (χ4v) is 3.17. The van der Waals surface area contributed by atoms with E-state index in [0.29, 0.717) is 0 Å². The van der Waals surface area contributed by atoms with Crippen molar-refractivity contribution in [2.75, 3.05) is 17.3 Å². The molecule has 0 saturated heterocycles. The molecular formula is C15H16BrN3O2. The Morgan fingerprint density at radius 3 is 2.90 bits per heavy atom. The molecule has 0 radical (unpaired) electrons. The minimum Gasteiger partial charge on any atom is -0.469 e. The van der Waals surface area contributed by atoms with Crippen LogP contribution in [0.5, 0.6) is 0 Å². The summed E-state index contributed by atoms with van der Waals surface area (Å²) in [5, 5.41) is 2.81. The number of nitrogens with zero attached hydrogens (tertiary/aromatic N) is 1. The maximum absolute atomic E-state index is 11.6. The van der Waals surface area contributed by atoms with E-state index in [1.54, 1.807) is 6.26 Å². The van der Waals surface area contributed by atoms with Crippen molar-refractivity contribution in [3.05, 3.63) is 45.8 Å². The quantitative estimate of drug-likeness (QED) is 0.893. The second kappa shape index (κ2) is 5.20. The summed E-state index contributed by atoms with van der Waals surface area (Å²) in [6, 6.07) is 5.22. The average Bonchev–Trinajstić information content (AvgIpc) is 2.95. The molecule has 2 aromatic rings. The first-order chi connectivity index (χ1) is 9.97. The van der Waals surface area contributed by atoms with Gasteiger partial charge in [0.15, 0.2) is 0 Å². The van der Waals surface area contributed by atoms with Gasteiger partial charge in [0, 0.05) is 34.9 Å². The van der Waals surface area contributed by atoms with Gasteiger partial charge in [-0.3, -0.25) is 4.79 Å². The molecule has 110 valence electrons. The third kappa shape index (κ3) is 2.45. The fourth-order valence-electron chi connectivity index (χ4n) is 2.50. The van der Waals surface area contributed by atoms with Gasteiger partial charge in [-0.05, 0) is 41.1 Å². The van der Waals surface area contributed by atoms with E-state index in [4.69, 9.17) is 10.2 Å². The number of amides is 1. The highest BCUT2D eigenvalue weighted by Gasteiger charge is 2.28. The summed E-state index contributed by atoms with van der Waals surface area (Å²) in [6.07, 6.45) is 1.69. The van der Waals surface area contributed by atoms with Crippen LogP contribution in [0, 0.1) is 6.92 Å². The van der Waals surface area contributed by atoms with E-state index in [1.165, 1.54) is 0 Å². The first-order valence-electron chi connectivity index (χ1n) is 6.61. The van der Waals surface area contributed by atoms with Crippen molar-refractivity contribution in [2.24, 2.45) is 5.73 Å². The number of nitrogens with two attached hydrogens (primary N) is 1. The Labute approximate surface area is 131 Å². The number of halogens is 1. The molecule has 0 saturated carbocycles. The Hall–Kier alpha value is -1.79. The van der Waals surface area contributed by atoms with Crippen LogP contribution in [0.4, 0.5) is 11.4 Å². The molecule has 0 bridgehead atoms. The lowest BCUT2D eigenvalue weighted by Gasteiger charge is -2.21. The van der Waals surface area contributed by atoms with Gasteiger partial charge in [0.05, 0.1) is 12.0 Å². The zero-order chi connectivity index (χ0) is 15.1. The highest BCUT2D eigenvalue weighted by molar-refractivity contribution is 9.10. The third-order valence-corrected chi connectivity index (χ3v) is 4.41. The van der Waals surface area contributed by atoms with Crippen molar-refractivity contribution >= 4 is 33.2 Å². The molecule has 2 heterocycles. The Bertz CT molecular complexity index is 711. The van der Waals surface area contributed by atoms with Crippen LogP contribution >= 0.6 is 15.9 Å². The molecule has 3 N–H and O–H groups in total. The predicted octanol–water partition coefficient (Wildman–Crippen LogP) is 2.94. The van der Waals surface area contributed by atoms with Crippen molar-refractivity contribution in [3.63, 3.8) is 0 Å². The second-order valence-corrected chi connectivity index (χ2v) is 6.07. The van der Waals surface area contributed by atoms with E-state index < -0.39 is 6.04 Å². The number of rotatable bonds is 3. The zero-order valence-electron chi connectivity index (χ0n) is 11.8. The summed E-state index contributed by atoms with van der Waals surface area (Å²) in [5.74, 6) is 0.747. The molecule has 1 atom stereocenters. The molecule has 0 fully saturated rings. The summed E-state index contributed by atoms with van der Waals surface area (Å²) < 4.78 is 6.24. The maximum atomic E-state index is 11.6. The molecule has 21 heavy (non-hydrogen) atoms. The number of nitrogens with one attached hydrogen (secondary N) is 1. The smallest absolute Gasteiger partial charge is 0.245 e. The average molecular weight is 350 g/mol. The molecule has 1 aromatic heterocycles. The fraction of sp³-hybridized carbons (Fsp3) is 0.267. The monoisotopic (exact) mass is 349 g/mol. The molecule has 1 amide bonds. The number of anilines is 2. The molecule has 0 spiro atoms. The van der Waals surface area contributed by atoms with Crippen molar-refractivity contribution in [1.29, 1.82) is 0 Å². The Morgan fingerprint density at radius 1 is 1.48 bits per heavy atom. The van der Waals surface area contributed by atoms with Crippen LogP contribution in [0.25, 0.3) is 0 Å². The van der Waals surface area contributed by atoms with E-state index in [0.717, 1.165) is 39.3 Å². The van der Waals surface area contributed by atoms with Gasteiger partial charge in [-0.2, -0.15) is 0 Å². The van der Waals surface area contributed by atoms with E-state index in [1.807, 2.05) is 32.2 Å². The largest absolute Gasteiger partial charge is 0.469 e. The van der Waals surface area contributed by atoms with E-state index in [2.05, 4.69) is 26.1 Å². The standard InChI is InChI=1S/C15H16BrN3O2/c1-8-9(3-4-21-8)7-19(2)13-6-12-10(5-11(13)16)14(17)15(20)18-12/h3-6,14H,7,17H2,1-2H3,(H,18,20). The Kier molecular flexibility index (Phi) is 3.51. The van der Waals surface area contributed by atoms with Crippen LogP contribution in [-0.2, 0) is 11.3 Å². The van der Waals surface area contributed by atoms with Crippen LogP contribution in [0.15, 0.2) is 33.4 Å². The molecule has 5 nitrogen and oxygen atoms in total. The molecule has 1 unspecified atom stereocenters. The van der Waals surface area contributed by atoms with E-state index in [-0.39, 0.29) is 5.91 Å². The van der Waals surface area contributed by atoms with Crippen LogP contribution in [-0.4, -0.2) is 13.0 Å². The number of hydrogen-bond donors (Lipinski definition) is 2. The number of carbonyl (C=O) groups is 1. The van der Waals surface area contributed by atoms with Gasteiger partial charge < -0.3 is 20.4 Å². The normalized spacial score (nSPS) is 16.8. The maximum Gasteiger partial charge on any atom is 0.245 e. The SMILES string of the molecule is Cc1occc1CN(C)c1cc2c(cc1Br)C(N)C(=O)N2. The van der Waals surface area contributed by atoms with Gasteiger partial charge >= 0.3 is 0 Å². The minimum atomic E-state index is -0.591. The lowest BCUT2D eigenvalue weighted by molar-refractivity contribution is -0.116. The first-order valence-corrected chi connectivity index (χ1v) is 7.40. The van der Waals surface area contributed by atoms with Crippen LogP contribution in [0.3, 0.4) is 0 Å². The molecule has 1 aliphatic rings. The van der Waals surface area contributed by atoms with Gasteiger partial charge in [0.25, 0.3) is 0 Å². The Balaban J connectivity index is 1.91.